The van der Waals surface area contributed by atoms with Crippen molar-refractivity contribution >= 4 is 23.4 Å². The highest BCUT2D eigenvalue weighted by atomic mass is 16.5. The third-order valence-corrected chi connectivity index (χ3v) is 9.76. The van der Waals surface area contributed by atoms with Gasteiger partial charge in [0, 0.05) is 51.0 Å². The molecule has 1 spiro atoms. The molecule has 1 aromatic carbocycles. The van der Waals surface area contributed by atoms with E-state index in [0.29, 0.717) is 18.8 Å². The van der Waals surface area contributed by atoms with E-state index in [0.717, 1.165) is 64.0 Å². The smallest absolute Gasteiger partial charge is 0.246 e. The summed E-state index contributed by atoms with van der Waals surface area (Å²) in [5.41, 5.74) is 0.681. The maximum Gasteiger partial charge on any atom is 0.246 e. The molecule has 4 aliphatic heterocycles. The summed E-state index contributed by atoms with van der Waals surface area (Å²) in [7, 11) is 0. The van der Waals surface area contributed by atoms with Crippen molar-refractivity contribution < 1.29 is 19.1 Å². The van der Waals surface area contributed by atoms with Crippen molar-refractivity contribution in [3.05, 3.63) is 42.0 Å². The molecule has 5 atom stereocenters. The quantitative estimate of drug-likeness (QED) is 0.483. The molecule has 40 heavy (non-hydrogen) atoms. The van der Waals surface area contributed by atoms with Gasteiger partial charge in [-0.1, -0.05) is 56.0 Å². The van der Waals surface area contributed by atoms with Crippen LogP contribution < -0.4 is 10.6 Å². The van der Waals surface area contributed by atoms with Gasteiger partial charge in [-0.3, -0.25) is 19.3 Å². The third kappa shape index (κ3) is 4.97. The predicted octanol–water partition coefficient (Wildman–Crippen LogP) is 2.17. The van der Waals surface area contributed by atoms with Crippen LogP contribution in [0.4, 0.5) is 5.69 Å². The molecule has 4 heterocycles. The van der Waals surface area contributed by atoms with Crippen LogP contribution in [0.1, 0.15) is 44.6 Å². The van der Waals surface area contributed by atoms with Crippen molar-refractivity contribution in [1.82, 2.24) is 20.0 Å². The highest BCUT2D eigenvalue weighted by Crippen LogP contribution is 2.55. The fourth-order valence-electron chi connectivity index (χ4n) is 7.48. The van der Waals surface area contributed by atoms with Crippen LogP contribution >= 0.6 is 0 Å². The zero-order valence-electron chi connectivity index (χ0n) is 23.8. The van der Waals surface area contributed by atoms with Crippen molar-refractivity contribution in [2.45, 2.75) is 69.7 Å². The van der Waals surface area contributed by atoms with E-state index in [2.05, 4.69) is 27.4 Å². The van der Waals surface area contributed by atoms with Crippen LogP contribution in [0.25, 0.3) is 0 Å². The van der Waals surface area contributed by atoms with Crippen molar-refractivity contribution in [3.8, 4) is 0 Å². The summed E-state index contributed by atoms with van der Waals surface area (Å²) in [6, 6.07) is 6.98. The second kappa shape index (κ2) is 11.3. The highest BCUT2D eigenvalue weighted by molar-refractivity contribution is 6.02. The van der Waals surface area contributed by atoms with E-state index in [1.54, 1.807) is 4.90 Å². The number of nitrogens with zero attached hydrogens (tertiary/aromatic N) is 3. The lowest BCUT2D eigenvalue weighted by atomic mass is 9.74. The number of carbonyl (C=O) groups excluding carboxylic acids is 3. The first-order valence-corrected chi connectivity index (χ1v) is 15.2. The maximum absolute atomic E-state index is 14.2. The summed E-state index contributed by atoms with van der Waals surface area (Å²) in [6.45, 7) is 10.3. The average molecular weight is 550 g/mol. The Hall–Kier alpha value is -2.75. The van der Waals surface area contributed by atoms with Crippen LogP contribution in [0.2, 0.25) is 0 Å². The normalized spacial score (nSPS) is 32.5. The molecule has 2 N–H and O–H groups in total. The summed E-state index contributed by atoms with van der Waals surface area (Å²) in [4.78, 5) is 48.3. The SMILES string of the molecule is CCN1CCN(CCN2C(=O)[C@H]3[C@H](C(=O)Nc4ccc(C)cc4)[C@H]4C=C[C@@]3(O4)[C@H]2C(=O)NC2CCCCC2)CC1. The highest BCUT2D eigenvalue weighted by Gasteiger charge is 2.72. The van der Waals surface area contributed by atoms with E-state index < -0.39 is 29.6 Å². The van der Waals surface area contributed by atoms with Gasteiger partial charge in [0.2, 0.25) is 17.7 Å². The number of hydrogen-bond acceptors (Lipinski definition) is 6. The molecule has 0 unspecified atom stereocenters. The van der Waals surface area contributed by atoms with Gasteiger partial charge >= 0.3 is 0 Å². The van der Waals surface area contributed by atoms with E-state index in [1.165, 1.54) is 6.42 Å². The summed E-state index contributed by atoms with van der Waals surface area (Å²) in [6.07, 6.45) is 8.61. The van der Waals surface area contributed by atoms with Gasteiger partial charge in [0.25, 0.3) is 0 Å². The Balaban J connectivity index is 1.24. The number of fused-ring (bicyclic) bond motifs is 1. The number of benzene rings is 1. The number of hydrogen-bond donors (Lipinski definition) is 2. The molecule has 1 saturated carbocycles. The number of rotatable bonds is 8. The molecule has 0 radical (unpaired) electrons. The number of nitrogens with one attached hydrogen (secondary N) is 2. The summed E-state index contributed by atoms with van der Waals surface area (Å²) >= 11 is 0. The Labute approximate surface area is 237 Å². The van der Waals surface area contributed by atoms with Crippen LogP contribution in [0.15, 0.2) is 36.4 Å². The van der Waals surface area contributed by atoms with Gasteiger partial charge in [0.05, 0.1) is 17.9 Å². The van der Waals surface area contributed by atoms with Gasteiger partial charge in [-0.05, 0) is 38.4 Å². The van der Waals surface area contributed by atoms with E-state index in [1.807, 2.05) is 43.3 Å². The Kier molecular flexibility index (Phi) is 7.72. The van der Waals surface area contributed by atoms with Crippen molar-refractivity contribution in [3.63, 3.8) is 0 Å². The number of likely N-dealkylation sites (N-methyl/N-ethyl adjacent to an activating group) is 1. The average Bonchev–Trinajstić information content (AvgIpc) is 3.61. The summed E-state index contributed by atoms with van der Waals surface area (Å²) < 4.78 is 6.50. The van der Waals surface area contributed by atoms with Gasteiger partial charge in [0.1, 0.15) is 11.6 Å². The van der Waals surface area contributed by atoms with Crippen LogP contribution in [0.3, 0.4) is 0 Å². The Bertz CT molecular complexity index is 1140. The fraction of sp³-hybridized carbons (Fsp3) is 0.645. The number of amides is 3. The number of aryl methyl sites for hydroxylation is 1. The zero-order valence-corrected chi connectivity index (χ0v) is 23.8. The van der Waals surface area contributed by atoms with Gasteiger partial charge in [-0.2, -0.15) is 0 Å². The molecule has 3 amide bonds. The molecular weight excluding hydrogens is 506 g/mol. The number of ether oxygens (including phenoxy) is 1. The number of anilines is 1. The van der Waals surface area contributed by atoms with Crippen LogP contribution in [-0.4, -0.2) is 102 Å². The number of carbonyl (C=O) groups is 3. The zero-order chi connectivity index (χ0) is 27.9. The molecule has 3 saturated heterocycles. The maximum atomic E-state index is 14.2. The first-order valence-electron chi connectivity index (χ1n) is 15.2. The van der Waals surface area contributed by atoms with E-state index >= 15 is 0 Å². The molecule has 2 bridgehead atoms. The topological polar surface area (TPSA) is 94.2 Å². The number of piperazine rings is 1. The van der Waals surface area contributed by atoms with Crippen LogP contribution in [-0.2, 0) is 19.1 Å². The Morgan fingerprint density at radius 2 is 1.68 bits per heavy atom. The molecule has 9 heteroatoms. The lowest BCUT2D eigenvalue weighted by Crippen LogP contribution is -2.57. The van der Waals surface area contributed by atoms with Gasteiger partial charge < -0.3 is 25.2 Å². The number of likely N-dealkylation sites (tertiary alicyclic amines) is 1. The van der Waals surface area contributed by atoms with Crippen molar-refractivity contribution in [2.75, 3.05) is 51.1 Å². The first kappa shape index (κ1) is 27.4. The van der Waals surface area contributed by atoms with Crippen molar-refractivity contribution in [1.29, 1.82) is 0 Å². The predicted molar refractivity (Wildman–Crippen MR) is 153 cm³/mol. The van der Waals surface area contributed by atoms with E-state index in [-0.39, 0.29) is 23.8 Å². The van der Waals surface area contributed by atoms with Gasteiger partial charge in [0.15, 0.2) is 0 Å². The van der Waals surface area contributed by atoms with Gasteiger partial charge in [-0.15, -0.1) is 0 Å². The third-order valence-electron chi connectivity index (χ3n) is 9.76. The summed E-state index contributed by atoms with van der Waals surface area (Å²) in [5.74, 6) is -1.92. The molecule has 5 aliphatic rings. The monoisotopic (exact) mass is 549 g/mol. The molecule has 0 aromatic heterocycles. The fourth-order valence-corrected chi connectivity index (χ4v) is 7.48. The lowest BCUT2D eigenvalue weighted by molar-refractivity contribution is -0.141. The lowest BCUT2D eigenvalue weighted by Gasteiger charge is -2.37. The second-order valence-corrected chi connectivity index (χ2v) is 12.2. The Morgan fingerprint density at radius 3 is 2.38 bits per heavy atom. The molecular formula is C31H43N5O4. The molecule has 4 fully saturated rings. The molecule has 9 nitrogen and oxygen atoms in total. The molecule has 216 valence electrons. The largest absolute Gasteiger partial charge is 0.359 e. The molecule has 1 aliphatic carbocycles. The minimum atomic E-state index is -1.11. The van der Waals surface area contributed by atoms with E-state index in [9.17, 15) is 14.4 Å². The molecule has 1 aromatic rings. The minimum Gasteiger partial charge on any atom is -0.359 e. The van der Waals surface area contributed by atoms with Crippen LogP contribution in [0.5, 0.6) is 0 Å². The Morgan fingerprint density at radius 1 is 0.975 bits per heavy atom. The van der Waals surface area contributed by atoms with Crippen molar-refractivity contribution in [2.24, 2.45) is 11.8 Å². The molecule has 6 rings (SSSR count). The standard InChI is InChI=1S/C31H43N5O4/c1-3-34-15-17-35(18-16-34)19-20-36-27(29(38)33-22-7-5-4-6-8-22)31-14-13-24(40-31)25(26(31)30(36)39)28(37)32-23-11-9-21(2)10-12-23/h9-14,22,24-27H,3-8,15-20H2,1-2H3,(H,32,37)(H,33,38)/t24-,25-,26-,27-,31+/m1/s1. The van der Waals surface area contributed by atoms with E-state index in [4.69, 9.17) is 4.74 Å². The second-order valence-electron chi connectivity index (χ2n) is 12.2. The first-order chi connectivity index (χ1) is 19.4. The summed E-state index contributed by atoms with van der Waals surface area (Å²) in [5, 5.41) is 6.28. The minimum absolute atomic E-state index is 0.124. The van der Waals surface area contributed by atoms with Gasteiger partial charge in [-0.25, -0.2) is 0 Å². The van der Waals surface area contributed by atoms with Crippen LogP contribution in [0, 0.1) is 18.8 Å².